The Balaban J connectivity index is 1.77. The molecule has 1 aromatic heterocycles. The number of sulfonamides is 1. The Hall–Kier alpha value is -2.33. The Bertz CT molecular complexity index is 712. The van der Waals surface area contributed by atoms with Gasteiger partial charge in [-0.2, -0.15) is 10.2 Å². The van der Waals surface area contributed by atoms with Crippen LogP contribution >= 0.6 is 0 Å². The van der Waals surface area contributed by atoms with Crippen LogP contribution in [0.2, 0.25) is 0 Å². The van der Waals surface area contributed by atoms with Crippen LogP contribution in [0.25, 0.3) is 0 Å². The van der Waals surface area contributed by atoms with Gasteiger partial charge in [0.1, 0.15) is 4.90 Å². The van der Waals surface area contributed by atoms with E-state index in [1.165, 1.54) is 28.4 Å². The van der Waals surface area contributed by atoms with Crippen molar-refractivity contribution in [1.29, 1.82) is 0 Å². The molecule has 1 fully saturated rings. The molecule has 9 nitrogen and oxygen atoms in total. The number of hydrogen-bond acceptors (Lipinski definition) is 5. The topological polar surface area (TPSA) is 108 Å². The molecule has 2 aliphatic rings. The molecule has 10 heteroatoms. The predicted octanol–water partition coefficient (Wildman–Crippen LogP) is -0.191. The molecule has 2 aliphatic heterocycles. The Morgan fingerprint density at radius 1 is 1.59 bits per heavy atom. The lowest BCUT2D eigenvalue weighted by Crippen LogP contribution is -2.37. The number of fused-ring (bicyclic) bond motifs is 2. The Morgan fingerprint density at radius 3 is 3.09 bits per heavy atom. The number of hydrogen-bond donors (Lipinski definition) is 2. The maximum atomic E-state index is 12.2. The largest absolute Gasteiger partial charge is 0.345 e. The number of carbonyl (C=O) groups excluding carboxylic acids is 1. The zero-order chi connectivity index (χ0) is 15.7. The summed E-state index contributed by atoms with van der Waals surface area (Å²) >= 11 is 0. The third-order valence-electron chi connectivity index (χ3n) is 3.30. The molecule has 0 aliphatic carbocycles. The molecule has 2 bridgehead atoms. The number of aromatic amines is 1. The summed E-state index contributed by atoms with van der Waals surface area (Å²) in [5, 5.41) is 7.30. The molecule has 118 valence electrons. The summed E-state index contributed by atoms with van der Waals surface area (Å²) in [7, 11) is -3.71. The highest BCUT2D eigenvalue weighted by Crippen LogP contribution is 2.24. The van der Waals surface area contributed by atoms with Crippen molar-refractivity contribution in [3.8, 4) is 0 Å². The molecule has 0 spiro atoms. The molecule has 3 rings (SSSR count). The van der Waals surface area contributed by atoms with Crippen molar-refractivity contribution in [2.75, 3.05) is 19.7 Å². The maximum Gasteiger partial charge on any atom is 0.345 e. The number of aromatic nitrogens is 2. The number of nitrogens with zero attached hydrogens (tertiary/aromatic N) is 3. The van der Waals surface area contributed by atoms with E-state index in [9.17, 15) is 13.2 Å². The lowest BCUT2D eigenvalue weighted by atomic mass is 10.2. The number of hydroxylamine groups is 2. The van der Waals surface area contributed by atoms with Crippen molar-refractivity contribution < 1.29 is 18.0 Å². The molecule has 0 saturated carbocycles. The maximum absolute atomic E-state index is 12.2. The Labute approximate surface area is 127 Å². The van der Waals surface area contributed by atoms with Gasteiger partial charge in [0.05, 0.1) is 25.4 Å². The van der Waals surface area contributed by atoms with E-state index in [1.54, 1.807) is 6.08 Å². The SMILES string of the molecule is C=CCON1C(=O)N2CC(NS(=O)(=O)c3cn[nH]c3)=CC1C2. The molecular weight excluding hydrogens is 310 g/mol. The summed E-state index contributed by atoms with van der Waals surface area (Å²) in [5.41, 5.74) is 0.426. The van der Waals surface area contributed by atoms with E-state index in [0.29, 0.717) is 12.2 Å². The summed E-state index contributed by atoms with van der Waals surface area (Å²) in [4.78, 5) is 19.0. The van der Waals surface area contributed by atoms with E-state index in [2.05, 4.69) is 21.5 Å². The van der Waals surface area contributed by atoms with E-state index in [0.717, 1.165) is 0 Å². The second kappa shape index (κ2) is 5.46. The van der Waals surface area contributed by atoms with Crippen molar-refractivity contribution >= 4 is 16.1 Å². The normalized spacial score (nSPS) is 21.0. The molecule has 1 saturated heterocycles. The quantitative estimate of drug-likeness (QED) is 0.705. The smallest absolute Gasteiger partial charge is 0.315 e. The number of H-pyrrole nitrogens is 1. The molecule has 22 heavy (non-hydrogen) atoms. The van der Waals surface area contributed by atoms with Crippen molar-refractivity contribution in [2.24, 2.45) is 0 Å². The lowest BCUT2D eigenvalue weighted by Gasteiger charge is -2.22. The standard InChI is InChI=1S/C12H15N5O4S/c1-2-3-21-17-10-4-9(7-16(8-10)12(17)18)15-22(19,20)11-5-13-14-6-11/h2,4-6,10,15H,1,3,7-8H2,(H,13,14). The summed E-state index contributed by atoms with van der Waals surface area (Å²) in [5.74, 6) is 0. The second-order valence-corrected chi connectivity index (χ2v) is 6.55. The summed E-state index contributed by atoms with van der Waals surface area (Å²) in [6.45, 7) is 4.39. The minimum atomic E-state index is -3.71. The number of amides is 2. The Morgan fingerprint density at radius 2 is 2.41 bits per heavy atom. The molecule has 1 atom stereocenters. The van der Waals surface area contributed by atoms with Crippen molar-refractivity contribution in [3.05, 3.63) is 36.8 Å². The third kappa shape index (κ3) is 2.57. The van der Waals surface area contributed by atoms with Gasteiger partial charge in [0, 0.05) is 18.4 Å². The van der Waals surface area contributed by atoms with Crippen molar-refractivity contribution in [1.82, 2.24) is 24.9 Å². The van der Waals surface area contributed by atoms with E-state index in [1.807, 2.05) is 0 Å². The van der Waals surface area contributed by atoms with Gasteiger partial charge in [-0.05, 0) is 6.08 Å². The highest BCUT2D eigenvalue weighted by atomic mass is 32.2. The first-order valence-electron chi connectivity index (χ1n) is 6.55. The summed E-state index contributed by atoms with van der Waals surface area (Å²) in [6.07, 6.45) is 5.72. The van der Waals surface area contributed by atoms with E-state index in [4.69, 9.17) is 4.84 Å². The number of rotatable bonds is 6. The van der Waals surface area contributed by atoms with Crippen LogP contribution in [0.1, 0.15) is 0 Å². The first-order valence-corrected chi connectivity index (χ1v) is 8.04. The minimum absolute atomic E-state index is 0.0346. The fraction of sp³-hybridized carbons (Fsp3) is 0.333. The van der Waals surface area contributed by atoms with Crippen LogP contribution in [-0.2, 0) is 14.9 Å². The number of carbonyl (C=O) groups is 1. The molecule has 2 amide bonds. The number of nitrogens with one attached hydrogen (secondary N) is 2. The van der Waals surface area contributed by atoms with Crippen LogP contribution in [0, 0.1) is 0 Å². The molecular formula is C12H15N5O4S. The van der Waals surface area contributed by atoms with Crippen LogP contribution in [0.15, 0.2) is 41.7 Å². The molecule has 3 heterocycles. The van der Waals surface area contributed by atoms with Gasteiger partial charge >= 0.3 is 6.03 Å². The highest BCUT2D eigenvalue weighted by molar-refractivity contribution is 7.89. The van der Waals surface area contributed by atoms with Crippen molar-refractivity contribution in [2.45, 2.75) is 10.9 Å². The van der Waals surface area contributed by atoms with Crippen LogP contribution in [-0.4, -0.2) is 60.3 Å². The van der Waals surface area contributed by atoms with Gasteiger partial charge in [-0.25, -0.2) is 13.2 Å². The van der Waals surface area contributed by atoms with Crippen LogP contribution in [0.5, 0.6) is 0 Å². The highest BCUT2D eigenvalue weighted by Gasteiger charge is 2.41. The van der Waals surface area contributed by atoms with Gasteiger partial charge in [-0.3, -0.25) is 14.7 Å². The van der Waals surface area contributed by atoms with E-state index >= 15 is 0 Å². The van der Waals surface area contributed by atoms with E-state index < -0.39 is 10.0 Å². The molecule has 2 N–H and O–H groups in total. The van der Waals surface area contributed by atoms with Gasteiger partial charge < -0.3 is 4.90 Å². The molecule has 0 aromatic carbocycles. The average molecular weight is 325 g/mol. The van der Waals surface area contributed by atoms with Gasteiger partial charge in [-0.15, -0.1) is 6.58 Å². The molecule has 1 aromatic rings. The fourth-order valence-corrected chi connectivity index (χ4v) is 3.37. The molecule has 1 unspecified atom stereocenters. The average Bonchev–Trinajstić information content (AvgIpc) is 3.07. The van der Waals surface area contributed by atoms with E-state index in [-0.39, 0.29) is 30.1 Å². The summed E-state index contributed by atoms with van der Waals surface area (Å²) in [6, 6.07) is -0.621. The predicted molar refractivity (Wildman–Crippen MR) is 75.7 cm³/mol. The third-order valence-corrected chi connectivity index (χ3v) is 4.68. The Kier molecular flexibility index (Phi) is 3.62. The first kappa shape index (κ1) is 14.6. The monoisotopic (exact) mass is 325 g/mol. The van der Waals surface area contributed by atoms with Gasteiger partial charge in [-0.1, -0.05) is 6.08 Å². The zero-order valence-corrected chi connectivity index (χ0v) is 12.4. The number of urea groups is 1. The zero-order valence-electron chi connectivity index (χ0n) is 11.6. The van der Waals surface area contributed by atoms with Gasteiger partial charge in [0.15, 0.2) is 0 Å². The molecule has 0 radical (unpaired) electrons. The van der Waals surface area contributed by atoms with Crippen LogP contribution in [0.3, 0.4) is 0 Å². The van der Waals surface area contributed by atoms with Crippen LogP contribution in [0.4, 0.5) is 4.79 Å². The van der Waals surface area contributed by atoms with Gasteiger partial charge in [0.25, 0.3) is 10.0 Å². The van der Waals surface area contributed by atoms with Crippen molar-refractivity contribution in [3.63, 3.8) is 0 Å². The second-order valence-electron chi connectivity index (χ2n) is 4.87. The minimum Gasteiger partial charge on any atom is -0.315 e. The van der Waals surface area contributed by atoms with Crippen LogP contribution < -0.4 is 4.72 Å². The van der Waals surface area contributed by atoms with Gasteiger partial charge in [0.2, 0.25) is 0 Å². The lowest BCUT2D eigenvalue weighted by molar-refractivity contribution is -0.107. The summed E-state index contributed by atoms with van der Waals surface area (Å²) < 4.78 is 26.8. The first-order chi connectivity index (χ1) is 10.5. The fourth-order valence-electron chi connectivity index (χ4n) is 2.37.